The normalized spacial score (nSPS) is 12.0. The molecule has 0 spiro atoms. The van der Waals surface area contributed by atoms with E-state index in [0.29, 0.717) is 5.69 Å². The van der Waals surface area contributed by atoms with Crippen LogP contribution in [-0.4, -0.2) is 5.11 Å². The molecule has 3 heteroatoms. The van der Waals surface area contributed by atoms with Crippen LogP contribution in [-0.2, 0) is 6.42 Å². The molecule has 0 radical (unpaired) electrons. The van der Waals surface area contributed by atoms with Gasteiger partial charge in [-0.15, -0.1) is 5.11 Å². The fourth-order valence-corrected chi connectivity index (χ4v) is 2.09. The lowest BCUT2D eigenvalue weighted by Gasteiger charge is -2.18. The SMILES string of the molecule is Cc1ccc(/N=N/c2cc(CC(C)(C)C)ccc2O)cc1. The highest BCUT2D eigenvalue weighted by Gasteiger charge is 2.12. The van der Waals surface area contributed by atoms with Gasteiger partial charge in [-0.25, -0.2) is 0 Å². The maximum atomic E-state index is 9.90. The molecule has 0 saturated carbocycles. The molecule has 0 aliphatic carbocycles. The first-order chi connectivity index (χ1) is 9.83. The van der Waals surface area contributed by atoms with Crippen LogP contribution in [0.2, 0.25) is 0 Å². The lowest BCUT2D eigenvalue weighted by molar-refractivity contribution is 0.410. The minimum absolute atomic E-state index is 0.156. The van der Waals surface area contributed by atoms with E-state index in [4.69, 9.17) is 0 Å². The first kappa shape index (κ1) is 15.2. The van der Waals surface area contributed by atoms with E-state index >= 15 is 0 Å². The molecule has 0 bridgehead atoms. The molecule has 2 rings (SSSR count). The lowest BCUT2D eigenvalue weighted by atomic mass is 9.88. The fourth-order valence-electron chi connectivity index (χ4n) is 2.09. The van der Waals surface area contributed by atoms with Gasteiger partial charge in [-0.1, -0.05) is 44.5 Å². The van der Waals surface area contributed by atoms with E-state index in [1.54, 1.807) is 6.07 Å². The Labute approximate surface area is 126 Å². The molecule has 0 aromatic heterocycles. The number of aromatic hydroxyl groups is 1. The van der Waals surface area contributed by atoms with Gasteiger partial charge in [-0.05, 0) is 48.6 Å². The quantitative estimate of drug-likeness (QED) is 0.720. The zero-order valence-electron chi connectivity index (χ0n) is 13.1. The first-order valence-electron chi connectivity index (χ1n) is 7.14. The highest BCUT2D eigenvalue weighted by atomic mass is 16.3. The van der Waals surface area contributed by atoms with Crippen LogP contribution in [0, 0.1) is 12.3 Å². The summed E-state index contributed by atoms with van der Waals surface area (Å²) >= 11 is 0. The summed E-state index contributed by atoms with van der Waals surface area (Å²) in [7, 11) is 0. The van der Waals surface area contributed by atoms with Crippen LogP contribution in [0.3, 0.4) is 0 Å². The molecule has 21 heavy (non-hydrogen) atoms. The zero-order valence-corrected chi connectivity index (χ0v) is 13.1. The third kappa shape index (κ3) is 4.71. The Hall–Kier alpha value is -2.16. The molecule has 0 atom stereocenters. The number of hydrogen-bond acceptors (Lipinski definition) is 3. The standard InChI is InChI=1S/C18H22N2O/c1-13-5-8-15(9-6-13)19-20-16-11-14(7-10-17(16)21)12-18(2,3)4/h5-11,21H,12H2,1-4H3/b20-19+. The summed E-state index contributed by atoms with van der Waals surface area (Å²) in [5.41, 5.74) is 3.82. The van der Waals surface area contributed by atoms with Crippen molar-refractivity contribution in [2.24, 2.45) is 15.6 Å². The second-order valence-electron chi connectivity index (χ2n) is 6.60. The summed E-state index contributed by atoms with van der Waals surface area (Å²) in [4.78, 5) is 0. The maximum Gasteiger partial charge on any atom is 0.143 e. The van der Waals surface area contributed by atoms with Gasteiger partial charge >= 0.3 is 0 Å². The van der Waals surface area contributed by atoms with E-state index in [0.717, 1.165) is 17.7 Å². The van der Waals surface area contributed by atoms with Crippen molar-refractivity contribution >= 4 is 11.4 Å². The van der Waals surface area contributed by atoms with E-state index in [-0.39, 0.29) is 11.2 Å². The average molecular weight is 282 g/mol. The van der Waals surface area contributed by atoms with Crippen LogP contribution in [0.15, 0.2) is 52.7 Å². The van der Waals surface area contributed by atoms with Crippen molar-refractivity contribution < 1.29 is 5.11 Å². The molecular formula is C18H22N2O. The fraction of sp³-hybridized carbons (Fsp3) is 0.333. The molecule has 0 aliphatic rings. The highest BCUT2D eigenvalue weighted by Crippen LogP contribution is 2.31. The molecule has 0 fully saturated rings. The Balaban J connectivity index is 2.22. The molecule has 1 N–H and O–H groups in total. The van der Waals surface area contributed by atoms with E-state index in [1.807, 2.05) is 43.3 Å². The predicted octanol–water partition coefficient (Wildman–Crippen LogP) is 5.70. The Morgan fingerprint density at radius 2 is 1.62 bits per heavy atom. The van der Waals surface area contributed by atoms with Crippen LogP contribution in [0.1, 0.15) is 31.9 Å². The first-order valence-corrected chi connectivity index (χ1v) is 7.14. The molecule has 0 unspecified atom stereocenters. The summed E-state index contributed by atoms with van der Waals surface area (Å²) in [6, 6.07) is 13.3. The van der Waals surface area contributed by atoms with Gasteiger partial charge in [0, 0.05) is 0 Å². The van der Waals surface area contributed by atoms with Gasteiger partial charge < -0.3 is 5.11 Å². The van der Waals surface area contributed by atoms with E-state index in [1.165, 1.54) is 5.56 Å². The van der Waals surface area contributed by atoms with Crippen molar-refractivity contribution in [3.63, 3.8) is 0 Å². The van der Waals surface area contributed by atoms with E-state index in [9.17, 15) is 5.11 Å². The molecular weight excluding hydrogens is 260 g/mol. The molecule has 3 nitrogen and oxygen atoms in total. The number of benzene rings is 2. The summed E-state index contributed by atoms with van der Waals surface area (Å²) in [5.74, 6) is 0.156. The van der Waals surface area contributed by atoms with Crippen molar-refractivity contribution in [2.75, 3.05) is 0 Å². The van der Waals surface area contributed by atoms with Crippen LogP contribution in [0.4, 0.5) is 11.4 Å². The van der Waals surface area contributed by atoms with Crippen LogP contribution in [0.5, 0.6) is 5.75 Å². The average Bonchev–Trinajstić information content (AvgIpc) is 2.39. The minimum Gasteiger partial charge on any atom is -0.506 e. The second kappa shape index (κ2) is 6.08. The molecule has 0 aliphatic heterocycles. The van der Waals surface area contributed by atoms with Crippen molar-refractivity contribution in [3.8, 4) is 5.75 Å². The van der Waals surface area contributed by atoms with Gasteiger partial charge in [0.05, 0.1) is 5.69 Å². The lowest BCUT2D eigenvalue weighted by Crippen LogP contribution is -2.08. The number of phenolic OH excluding ortho intramolecular Hbond substituents is 1. The predicted molar refractivity (Wildman–Crippen MR) is 86.6 cm³/mol. The monoisotopic (exact) mass is 282 g/mol. The summed E-state index contributed by atoms with van der Waals surface area (Å²) in [5, 5.41) is 18.3. The maximum absolute atomic E-state index is 9.90. The van der Waals surface area contributed by atoms with Gasteiger partial charge in [0.25, 0.3) is 0 Å². The van der Waals surface area contributed by atoms with E-state index in [2.05, 4.69) is 31.0 Å². The minimum atomic E-state index is 0.156. The Kier molecular flexibility index (Phi) is 4.41. The molecule has 2 aromatic carbocycles. The third-order valence-corrected chi connectivity index (χ3v) is 3.08. The molecule has 110 valence electrons. The number of azo groups is 1. The second-order valence-corrected chi connectivity index (χ2v) is 6.60. The van der Waals surface area contributed by atoms with Gasteiger partial charge in [0.2, 0.25) is 0 Å². The molecule has 0 saturated heterocycles. The largest absolute Gasteiger partial charge is 0.506 e. The van der Waals surface area contributed by atoms with Crippen molar-refractivity contribution in [1.82, 2.24) is 0 Å². The summed E-state index contributed by atoms with van der Waals surface area (Å²) in [6.45, 7) is 8.59. The summed E-state index contributed by atoms with van der Waals surface area (Å²) in [6.07, 6.45) is 0.931. The number of rotatable bonds is 3. The number of phenols is 1. The molecule has 0 heterocycles. The number of hydrogen-bond donors (Lipinski definition) is 1. The van der Waals surface area contributed by atoms with Crippen molar-refractivity contribution in [3.05, 3.63) is 53.6 Å². The Bertz CT molecular complexity index is 637. The van der Waals surface area contributed by atoms with Crippen LogP contribution >= 0.6 is 0 Å². The van der Waals surface area contributed by atoms with Gasteiger partial charge in [0.15, 0.2) is 0 Å². The van der Waals surface area contributed by atoms with Crippen molar-refractivity contribution in [2.45, 2.75) is 34.1 Å². The van der Waals surface area contributed by atoms with Gasteiger partial charge in [-0.3, -0.25) is 0 Å². The smallest absolute Gasteiger partial charge is 0.143 e. The Morgan fingerprint density at radius 3 is 2.24 bits per heavy atom. The van der Waals surface area contributed by atoms with Crippen LogP contribution in [0.25, 0.3) is 0 Å². The summed E-state index contributed by atoms with van der Waals surface area (Å²) < 4.78 is 0. The van der Waals surface area contributed by atoms with E-state index < -0.39 is 0 Å². The Morgan fingerprint density at radius 1 is 0.952 bits per heavy atom. The number of aryl methyl sites for hydroxylation is 1. The number of nitrogens with zero attached hydrogens (tertiary/aromatic N) is 2. The van der Waals surface area contributed by atoms with Crippen LogP contribution < -0.4 is 0 Å². The van der Waals surface area contributed by atoms with Gasteiger partial charge in [-0.2, -0.15) is 5.11 Å². The third-order valence-electron chi connectivity index (χ3n) is 3.08. The highest BCUT2D eigenvalue weighted by molar-refractivity contribution is 5.53. The molecule has 2 aromatic rings. The van der Waals surface area contributed by atoms with Gasteiger partial charge in [0.1, 0.15) is 11.4 Å². The molecule has 0 amide bonds. The topological polar surface area (TPSA) is 45.0 Å². The zero-order chi connectivity index (χ0) is 15.5. The van der Waals surface area contributed by atoms with Crippen molar-refractivity contribution in [1.29, 1.82) is 0 Å².